The molecule has 0 saturated carbocycles. The van der Waals surface area contributed by atoms with Crippen molar-refractivity contribution in [2.24, 2.45) is 5.41 Å². The standard InChI is InChI=1S/C28H27FN2O4/c1-3-28(4-2,27(33)34)16-26(32)31-22-10-6-18-8-12-24(14-20(18)13-22)35-17-23-11-7-19-5-9-21(29)15-25(19)30-23/h5-15H,3-4,16-17H2,1-2H3,(H,31,32)(H,33,34). The maximum atomic E-state index is 13.5. The SMILES string of the molecule is CCC(CC)(CC(=O)Nc1ccc2ccc(OCc3ccc4ccc(F)cc4n3)cc2c1)C(=O)O. The number of hydrogen-bond donors (Lipinski definition) is 2. The van der Waals surface area contributed by atoms with E-state index in [1.54, 1.807) is 26.0 Å². The number of carboxylic acid groups (broad SMARTS) is 1. The van der Waals surface area contributed by atoms with Gasteiger partial charge in [-0.3, -0.25) is 9.59 Å². The molecule has 2 N–H and O–H groups in total. The number of rotatable bonds is 9. The fourth-order valence-corrected chi connectivity index (χ4v) is 4.15. The lowest BCUT2D eigenvalue weighted by Crippen LogP contribution is -2.34. The summed E-state index contributed by atoms with van der Waals surface area (Å²) in [5, 5.41) is 15.1. The molecule has 6 nitrogen and oxygen atoms in total. The zero-order chi connectivity index (χ0) is 25.0. The summed E-state index contributed by atoms with van der Waals surface area (Å²) in [6.45, 7) is 3.79. The molecular formula is C28H27FN2O4. The summed E-state index contributed by atoms with van der Waals surface area (Å²) < 4.78 is 19.4. The lowest BCUT2D eigenvalue weighted by Gasteiger charge is -2.25. The molecule has 0 spiro atoms. The summed E-state index contributed by atoms with van der Waals surface area (Å²) in [6.07, 6.45) is 0.677. The molecule has 0 radical (unpaired) electrons. The second kappa shape index (κ2) is 10.1. The first kappa shape index (κ1) is 24.1. The van der Waals surface area contributed by atoms with E-state index in [2.05, 4.69) is 10.3 Å². The van der Waals surface area contributed by atoms with Gasteiger partial charge in [-0.25, -0.2) is 9.37 Å². The van der Waals surface area contributed by atoms with Crippen LogP contribution in [-0.4, -0.2) is 22.0 Å². The van der Waals surface area contributed by atoms with Gasteiger partial charge < -0.3 is 15.2 Å². The summed E-state index contributed by atoms with van der Waals surface area (Å²) in [5.41, 5.74) is 0.773. The van der Waals surface area contributed by atoms with E-state index in [0.29, 0.717) is 35.5 Å². The van der Waals surface area contributed by atoms with Gasteiger partial charge in [0, 0.05) is 23.6 Å². The Bertz CT molecular complexity index is 1400. The number of hydrogen-bond acceptors (Lipinski definition) is 4. The molecule has 0 saturated heterocycles. The predicted molar refractivity (Wildman–Crippen MR) is 134 cm³/mol. The Balaban J connectivity index is 1.47. The lowest BCUT2D eigenvalue weighted by molar-refractivity contribution is -0.151. The third-order valence-electron chi connectivity index (χ3n) is 6.50. The van der Waals surface area contributed by atoms with Gasteiger partial charge >= 0.3 is 5.97 Å². The minimum Gasteiger partial charge on any atom is -0.487 e. The number of nitrogens with one attached hydrogen (secondary N) is 1. The van der Waals surface area contributed by atoms with Gasteiger partial charge in [0.2, 0.25) is 5.91 Å². The highest BCUT2D eigenvalue weighted by Gasteiger charge is 2.37. The van der Waals surface area contributed by atoms with Crippen molar-refractivity contribution in [1.82, 2.24) is 4.98 Å². The molecule has 4 rings (SSSR count). The van der Waals surface area contributed by atoms with Gasteiger partial charge in [-0.05, 0) is 66.1 Å². The first-order valence-corrected chi connectivity index (χ1v) is 11.6. The maximum absolute atomic E-state index is 13.5. The van der Waals surface area contributed by atoms with Crippen LogP contribution in [0.3, 0.4) is 0 Å². The van der Waals surface area contributed by atoms with Crippen molar-refractivity contribution < 1.29 is 23.8 Å². The first-order valence-electron chi connectivity index (χ1n) is 11.6. The zero-order valence-corrected chi connectivity index (χ0v) is 19.7. The molecule has 0 atom stereocenters. The number of aromatic nitrogens is 1. The number of carbonyl (C=O) groups excluding carboxylic acids is 1. The molecule has 0 aliphatic carbocycles. The number of carbonyl (C=O) groups is 2. The van der Waals surface area contributed by atoms with Gasteiger partial charge in [-0.1, -0.05) is 32.0 Å². The van der Waals surface area contributed by atoms with Crippen LogP contribution < -0.4 is 10.1 Å². The number of aliphatic carboxylic acids is 1. The van der Waals surface area contributed by atoms with Crippen LogP contribution in [0.4, 0.5) is 10.1 Å². The smallest absolute Gasteiger partial charge is 0.310 e. The highest BCUT2D eigenvalue weighted by Crippen LogP contribution is 2.32. The number of benzene rings is 3. The molecule has 0 aliphatic heterocycles. The number of anilines is 1. The molecule has 1 amide bonds. The van der Waals surface area contributed by atoms with Crippen molar-refractivity contribution in [3.05, 3.63) is 78.2 Å². The maximum Gasteiger partial charge on any atom is 0.310 e. The lowest BCUT2D eigenvalue weighted by atomic mass is 9.79. The third-order valence-corrected chi connectivity index (χ3v) is 6.50. The second-order valence-corrected chi connectivity index (χ2v) is 8.67. The normalized spacial score (nSPS) is 11.5. The molecule has 4 aromatic rings. The monoisotopic (exact) mass is 474 g/mol. The highest BCUT2D eigenvalue weighted by atomic mass is 19.1. The van der Waals surface area contributed by atoms with Crippen molar-refractivity contribution >= 4 is 39.2 Å². The molecule has 1 aromatic heterocycles. The fraction of sp³-hybridized carbons (Fsp3) is 0.250. The number of nitrogens with zero attached hydrogens (tertiary/aromatic N) is 1. The minimum atomic E-state index is -1.06. The van der Waals surface area contributed by atoms with Crippen LogP contribution in [0, 0.1) is 11.2 Å². The van der Waals surface area contributed by atoms with E-state index in [1.165, 1.54) is 12.1 Å². The summed E-state index contributed by atoms with van der Waals surface area (Å²) >= 11 is 0. The van der Waals surface area contributed by atoms with Gasteiger partial charge in [-0.15, -0.1) is 0 Å². The summed E-state index contributed by atoms with van der Waals surface area (Å²) in [5.74, 6) is -0.992. The van der Waals surface area contributed by atoms with Crippen LogP contribution in [0.5, 0.6) is 5.75 Å². The Morgan fingerprint density at radius 1 is 0.943 bits per heavy atom. The number of amides is 1. The summed E-state index contributed by atoms with van der Waals surface area (Å²) in [4.78, 5) is 28.8. The van der Waals surface area contributed by atoms with Gasteiger partial charge in [0.15, 0.2) is 0 Å². The molecule has 0 fully saturated rings. The number of pyridine rings is 1. The van der Waals surface area contributed by atoms with E-state index in [0.717, 1.165) is 16.2 Å². The van der Waals surface area contributed by atoms with E-state index >= 15 is 0 Å². The van der Waals surface area contributed by atoms with E-state index in [1.807, 2.05) is 42.5 Å². The molecule has 1 heterocycles. The van der Waals surface area contributed by atoms with Crippen LogP contribution in [0.1, 0.15) is 38.8 Å². The minimum absolute atomic E-state index is 0.0841. The van der Waals surface area contributed by atoms with Crippen LogP contribution >= 0.6 is 0 Å². The average Bonchev–Trinajstić information content (AvgIpc) is 2.85. The van der Waals surface area contributed by atoms with Gasteiger partial charge in [-0.2, -0.15) is 0 Å². The third kappa shape index (κ3) is 5.40. The number of fused-ring (bicyclic) bond motifs is 2. The van der Waals surface area contributed by atoms with E-state index in [4.69, 9.17) is 4.74 Å². The number of carboxylic acids is 1. The largest absolute Gasteiger partial charge is 0.487 e. The van der Waals surface area contributed by atoms with Crippen molar-refractivity contribution in [2.75, 3.05) is 5.32 Å². The predicted octanol–water partition coefficient (Wildman–Crippen LogP) is 6.33. The number of halogens is 1. The van der Waals surface area contributed by atoms with Gasteiger partial charge in [0.25, 0.3) is 0 Å². The quantitative estimate of drug-likeness (QED) is 0.296. The Morgan fingerprint density at radius 3 is 2.40 bits per heavy atom. The fourth-order valence-electron chi connectivity index (χ4n) is 4.15. The Morgan fingerprint density at radius 2 is 1.66 bits per heavy atom. The van der Waals surface area contributed by atoms with Crippen molar-refractivity contribution in [2.45, 2.75) is 39.7 Å². The number of ether oxygens (including phenoxy) is 1. The summed E-state index contributed by atoms with van der Waals surface area (Å²) in [6, 6.07) is 19.4. The Kier molecular flexibility index (Phi) is 6.96. The van der Waals surface area contributed by atoms with Crippen LogP contribution in [0.2, 0.25) is 0 Å². The molecule has 0 aliphatic rings. The first-order chi connectivity index (χ1) is 16.8. The molecular weight excluding hydrogens is 447 g/mol. The van der Waals surface area contributed by atoms with E-state index < -0.39 is 11.4 Å². The molecule has 0 unspecified atom stereocenters. The molecule has 7 heteroatoms. The van der Waals surface area contributed by atoms with Crippen LogP contribution in [-0.2, 0) is 16.2 Å². The molecule has 0 bridgehead atoms. The van der Waals surface area contributed by atoms with Crippen LogP contribution in [0.25, 0.3) is 21.7 Å². The molecule has 3 aromatic carbocycles. The van der Waals surface area contributed by atoms with Crippen LogP contribution in [0.15, 0.2) is 66.7 Å². The Labute approximate surface area is 202 Å². The van der Waals surface area contributed by atoms with Crippen molar-refractivity contribution in [3.63, 3.8) is 0 Å². The van der Waals surface area contributed by atoms with E-state index in [9.17, 15) is 19.1 Å². The highest BCUT2D eigenvalue weighted by molar-refractivity contribution is 5.96. The summed E-state index contributed by atoms with van der Waals surface area (Å²) in [7, 11) is 0. The zero-order valence-electron chi connectivity index (χ0n) is 19.7. The van der Waals surface area contributed by atoms with Gasteiger partial charge in [0.1, 0.15) is 18.2 Å². The topological polar surface area (TPSA) is 88.5 Å². The Hall–Kier alpha value is -4.00. The second-order valence-electron chi connectivity index (χ2n) is 8.67. The molecule has 35 heavy (non-hydrogen) atoms. The van der Waals surface area contributed by atoms with Crippen molar-refractivity contribution in [3.8, 4) is 5.75 Å². The van der Waals surface area contributed by atoms with Crippen molar-refractivity contribution in [1.29, 1.82) is 0 Å². The molecule has 180 valence electrons. The average molecular weight is 475 g/mol. The van der Waals surface area contributed by atoms with E-state index in [-0.39, 0.29) is 24.8 Å². The van der Waals surface area contributed by atoms with Gasteiger partial charge in [0.05, 0.1) is 16.6 Å².